The van der Waals surface area contributed by atoms with Crippen LogP contribution in [-0.4, -0.2) is 12.5 Å². The molecule has 1 N–H and O–H groups in total. The first kappa shape index (κ1) is 17.6. The van der Waals surface area contributed by atoms with Crippen molar-refractivity contribution in [2.24, 2.45) is 0 Å². The van der Waals surface area contributed by atoms with Crippen LogP contribution in [-0.2, 0) is 4.79 Å². The first-order valence-corrected chi connectivity index (χ1v) is 8.75. The maximum absolute atomic E-state index is 13.2. The van der Waals surface area contributed by atoms with E-state index >= 15 is 0 Å². The predicted molar refractivity (Wildman–Crippen MR) is 97.4 cm³/mol. The Morgan fingerprint density at radius 3 is 2.50 bits per heavy atom. The van der Waals surface area contributed by atoms with Gasteiger partial charge in [0.1, 0.15) is 11.6 Å². The zero-order chi connectivity index (χ0) is 18.4. The molecule has 1 aromatic heterocycles. The van der Waals surface area contributed by atoms with E-state index in [9.17, 15) is 9.18 Å². The van der Waals surface area contributed by atoms with Gasteiger partial charge in [0.15, 0.2) is 6.61 Å². The van der Waals surface area contributed by atoms with Crippen molar-refractivity contribution < 1.29 is 13.9 Å². The monoisotopic (exact) mass is 366 g/mol. The van der Waals surface area contributed by atoms with E-state index in [0.717, 1.165) is 10.4 Å². The standard InChI is InChI=1S/C20H15FN2O2S/c21-16-7-5-15(6-8-16)20(18-2-1-11-26-18)23-19(24)13-25-17-9-3-14(12-22)4-10-17/h1-11,20H,13H2,(H,23,24)/t20-/m1/s1. The Kier molecular flexibility index (Phi) is 5.62. The second kappa shape index (κ2) is 8.28. The Labute approximate surface area is 154 Å². The van der Waals surface area contributed by atoms with Crippen LogP contribution in [0.4, 0.5) is 4.39 Å². The third-order valence-electron chi connectivity index (χ3n) is 3.69. The molecule has 0 saturated carbocycles. The van der Waals surface area contributed by atoms with E-state index in [1.807, 2.05) is 23.6 Å². The summed E-state index contributed by atoms with van der Waals surface area (Å²) in [7, 11) is 0. The summed E-state index contributed by atoms with van der Waals surface area (Å²) < 4.78 is 18.7. The Balaban J connectivity index is 1.67. The van der Waals surface area contributed by atoms with Crippen molar-refractivity contribution in [3.05, 3.63) is 87.9 Å². The number of rotatable bonds is 6. The summed E-state index contributed by atoms with van der Waals surface area (Å²) in [5.41, 5.74) is 1.32. The molecule has 1 amide bonds. The molecule has 0 spiro atoms. The van der Waals surface area contributed by atoms with Gasteiger partial charge in [0, 0.05) is 4.88 Å². The number of ether oxygens (including phenoxy) is 1. The van der Waals surface area contributed by atoms with E-state index in [2.05, 4.69) is 5.32 Å². The van der Waals surface area contributed by atoms with E-state index in [-0.39, 0.29) is 24.4 Å². The summed E-state index contributed by atoms with van der Waals surface area (Å²) in [6, 6.07) is 18.1. The van der Waals surface area contributed by atoms with Crippen LogP contribution in [0.1, 0.15) is 22.0 Å². The predicted octanol–water partition coefficient (Wildman–Crippen LogP) is 4.04. The maximum Gasteiger partial charge on any atom is 0.258 e. The van der Waals surface area contributed by atoms with Gasteiger partial charge in [-0.2, -0.15) is 5.26 Å². The number of nitrogens with zero attached hydrogens (tertiary/aromatic N) is 1. The number of hydrogen-bond acceptors (Lipinski definition) is 4. The molecule has 26 heavy (non-hydrogen) atoms. The van der Waals surface area contributed by atoms with Crippen molar-refractivity contribution in [2.45, 2.75) is 6.04 Å². The van der Waals surface area contributed by atoms with E-state index in [1.165, 1.54) is 23.5 Å². The topological polar surface area (TPSA) is 62.1 Å². The summed E-state index contributed by atoms with van der Waals surface area (Å²) in [6.45, 7) is -0.158. The largest absolute Gasteiger partial charge is 0.484 e. The Bertz CT molecular complexity index is 900. The van der Waals surface area contributed by atoms with Crippen LogP contribution < -0.4 is 10.1 Å². The minimum Gasteiger partial charge on any atom is -0.484 e. The van der Waals surface area contributed by atoms with Crippen LogP contribution in [0.2, 0.25) is 0 Å². The Morgan fingerprint density at radius 1 is 1.15 bits per heavy atom. The smallest absolute Gasteiger partial charge is 0.258 e. The van der Waals surface area contributed by atoms with Crippen molar-refractivity contribution in [1.82, 2.24) is 5.32 Å². The molecule has 1 heterocycles. The highest BCUT2D eigenvalue weighted by Gasteiger charge is 2.18. The summed E-state index contributed by atoms with van der Waals surface area (Å²) in [5, 5.41) is 13.6. The fraction of sp³-hybridized carbons (Fsp3) is 0.100. The molecular weight excluding hydrogens is 351 g/mol. The Morgan fingerprint density at radius 2 is 1.88 bits per heavy atom. The number of halogens is 1. The fourth-order valence-corrected chi connectivity index (χ4v) is 3.21. The SMILES string of the molecule is N#Cc1ccc(OCC(=O)N[C@H](c2ccc(F)cc2)c2cccs2)cc1. The van der Waals surface area contributed by atoms with Crippen molar-refractivity contribution in [1.29, 1.82) is 5.26 Å². The molecule has 0 saturated heterocycles. The molecule has 1 atom stereocenters. The van der Waals surface area contributed by atoms with Crippen molar-refractivity contribution in [3.63, 3.8) is 0 Å². The third-order valence-corrected chi connectivity index (χ3v) is 4.63. The van der Waals surface area contributed by atoms with Crippen LogP contribution in [0, 0.1) is 17.1 Å². The molecule has 6 heteroatoms. The summed E-state index contributed by atoms with van der Waals surface area (Å²) in [6.07, 6.45) is 0. The van der Waals surface area contributed by atoms with Crippen molar-refractivity contribution >= 4 is 17.2 Å². The zero-order valence-corrected chi connectivity index (χ0v) is 14.5. The van der Waals surface area contributed by atoms with Crippen molar-refractivity contribution in [3.8, 4) is 11.8 Å². The number of hydrogen-bond donors (Lipinski definition) is 1. The molecule has 3 aromatic rings. The molecule has 0 unspecified atom stereocenters. The highest BCUT2D eigenvalue weighted by Crippen LogP contribution is 2.26. The first-order chi connectivity index (χ1) is 12.7. The van der Waals surface area contributed by atoms with Gasteiger partial charge in [-0.25, -0.2) is 4.39 Å². The maximum atomic E-state index is 13.2. The van der Waals surface area contributed by atoms with Gasteiger partial charge in [-0.05, 0) is 53.4 Å². The molecular formula is C20H15FN2O2S. The van der Waals surface area contributed by atoms with Gasteiger partial charge >= 0.3 is 0 Å². The fourth-order valence-electron chi connectivity index (χ4n) is 2.41. The lowest BCUT2D eigenvalue weighted by molar-refractivity contribution is -0.123. The average Bonchev–Trinajstić information content (AvgIpc) is 3.20. The van der Waals surface area contributed by atoms with E-state index < -0.39 is 0 Å². The molecule has 0 aliphatic rings. The summed E-state index contributed by atoms with van der Waals surface area (Å²) >= 11 is 1.51. The second-order valence-electron chi connectivity index (χ2n) is 5.49. The first-order valence-electron chi connectivity index (χ1n) is 7.87. The van der Waals surface area contributed by atoms with Gasteiger partial charge in [0.25, 0.3) is 5.91 Å². The summed E-state index contributed by atoms with van der Waals surface area (Å²) in [5.74, 6) is -0.111. The lowest BCUT2D eigenvalue weighted by atomic mass is 10.1. The van der Waals surface area contributed by atoms with Gasteiger partial charge in [-0.1, -0.05) is 18.2 Å². The highest BCUT2D eigenvalue weighted by atomic mass is 32.1. The molecule has 130 valence electrons. The van der Waals surface area contributed by atoms with Crippen molar-refractivity contribution in [2.75, 3.05) is 6.61 Å². The zero-order valence-electron chi connectivity index (χ0n) is 13.7. The number of thiophene rings is 1. The number of nitriles is 1. The van der Waals surface area contributed by atoms with Crippen LogP contribution >= 0.6 is 11.3 Å². The van der Waals surface area contributed by atoms with Crippen LogP contribution in [0.3, 0.4) is 0 Å². The quantitative estimate of drug-likeness (QED) is 0.716. The number of nitrogens with one attached hydrogen (secondary N) is 1. The average molecular weight is 366 g/mol. The minimum atomic E-state index is -0.368. The Hall–Kier alpha value is -3.17. The molecule has 3 rings (SSSR count). The summed E-state index contributed by atoms with van der Waals surface area (Å²) in [4.78, 5) is 13.3. The molecule has 0 radical (unpaired) electrons. The lowest BCUT2D eigenvalue weighted by Gasteiger charge is -2.18. The normalized spacial score (nSPS) is 11.4. The van der Waals surface area contributed by atoms with E-state index in [0.29, 0.717) is 11.3 Å². The minimum absolute atomic E-state index is 0.158. The number of carbonyl (C=O) groups excluding carboxylic acids is 1. The second-order valence-corrected chi connectivity index (χ2v) is 6.47. The molecule has 0 aliphatic carbocycles. The van der Waals surface area contributed by atoms with Crippen LogP contribution in [0.5, 0.6) is 5.75 Å². The lowest BCUT2D eigenvalue weighted by Crippen LogP contribution is -2.32. The number of benzene rings is 2. The van der Waals surface area contributed by atoms with Gasteiger partial charge in [0.2, 0.25) is 0 Å². The highest BCUT2D eigenvalue weighted by molar-refractivity contribution is 7.10. The van der Waals surface area contributed by atoms with Gasteiger partial charge < -0.3 is 10.1 Å². The molecule has 4 nitrogen and oxygen atoms in total. The van der Waals surface area contributed by atoms with Gasteiger partial charge in [0.05, 0.1) is 17.7 Å². The molecule has 2 aromatic carbocycles. The van der Waals surface area contributed by atoms with E-state index in [1.54, 1.807) is 36.4 Å². The molecule has 0 bridgehead atoms. The van der Waals surface area contributed by atoms with E-state index in [4.69, 9.17) is 10.00 Å². The molecule has 0 fully saturated rings. The van der Waals surface area contributed by atoms with Crippen LogP contribution in [0.15, 0.2) is 66.0 Å². The molecule has 0 aliphatic heterocycles. The van der Waals surface area contributed by atoms with Gasteiger partial charge in [-0.15, -0.1) is 11.3 Å². The number of amides is 1. The van der Waals surface area contributed by atoms with Gasteiger partial charge in [-0.3, -0.25) is 4.79 Å². The third kappa shape index (κ3) is 4.47. The van der Waals surface area contributed by atoms with Crippen LogP contribution in [0.25, 0.3) is 0 Å². The number of carbonyl (C=O) groups is 1.